The third kappa shape index (κ3) is 2.50. The molecule has 3 rings (SSSR count). The molecule has 2 aliphatic rings. The van der Waals surface area contributed by atoms with Gasteiger partial charge in [-0.25, -0.2) is 4.21 Å². The molecule has 0 aromatic heterocycles. The van der Waals surface area contributed by atoms with E-state index in [9.17, 15) is 4.21 Å². The maximum atomic E-state index is 11.5. The summed E-state index contributed by atoms with van der Waals surface area (Å²) in [7, 11) is 0.836. The molecule has 2 aliphatic heterocycles. The zero-order valence-electron chi connectivity index (χ0n) is 10.8. The van der Waals surface area contributed by atoms with E-state index < -0.39 is 11.0 Å². The minimum Gasteiger partial charge on any atom is -0.488 e. The smallest absolute Gasteiger partial charge is 0.145 e. The van der Waals surface area contributed by atoms with Gasteiger partial charge in [0.1, 0.15) is 28.7 Å². The monoisotopic (exact) mass is 279 g/mol. The molecule has 102 valence electrons. The number of nitrogens with two attached hydrogens (primary N) is 1. The van der Waals surface area contributed by atoms with Gasteiger partial charge in [-0.1, -0.05) is 12.1 Å². The molecule has 1 aromatic carbocycles. The summed E-state index contributed by atoms with van der Waals surface area (Å²) in [5.41, 5.74) is 7.68. The van der Waals surface area contributed by atoms with Gasteiger partial charge in [-0.05, 0) is 25.1 Å². The van der Waals surface area contributed by atoms with E-state index in [4.69, 9.17) is 10.5 Å². The van der Waals surface area contributed by atoms with Crippen molar-refractivity contribution in [3.8, 4) is 5.75 Å². The Bertz CT molecular complexity index is 559. The Morgan fingerprint density at radius 3 is 3.11 bits per heavy atom. The molecule has 0 bridgehead atoms. The molecule has 2 heterocycles. The maximum Gasteiger partial charge on any atom is 0.145 e. The summed E-state index contributed by atoms with van der Waals surface area (Å²) in [4.78, 5) is 2.24. The van der Waals surface area contributed by atoms with Crippen LogP contribution in [0.5, 0.6) is 5.75 Å². The Morgan fingerprint density at radius 1 is 1.53 bits per heavy atom. The molecule has 0 spiro atoms. The number of fused-ring (bicyclic) bond motifs is 1. The van der Waals surface area contributed by atoms with Gasteiger partial charge < -0.3 is 15.4 Å². The highest BCUT2D eigenvalue weighted by Gasteiger charge is 2.25. The average molecular weight is 279 g/mol. The van der Waals surface area contributed by atoms with Crippen LogP contribution in [0.25, 0.3) is 0 Å². The lowest BCUT2D eigenvalue weighted by Gasteiger charge is -2.20. The first-order chi connectivity index (χ1) is 9.13. The van der Waals surface area contributed by atoms with E-state index in [1.807, 2.05) is 18.2 Å². The highest BCUT2D eigenvalue weighted by molar-refractivity contribution is 7.83. The summed E-state index contributed by atoms with van der Waals surface area (Å²) in [6.45, 7) is 1.97. The maximum absolute atomic E-state index is 11.5. The van der Waals surface area contributed by atoms with Crippen molar-refractivity contribution in [1.29, 1.82) is 0 Å². The summed E-state index contributed by atoms with van der Waals surface area (Å²) in [6.07, 6.45) is 1.21. The van der Waals surface area contributed by atoms with Crippen molar-refractivity contribution in [2.45, 2.75) is 18.3 Å². The van der Waals surface area contributed by atoms with Crippen LogP contribution in [0.1, 0.15) is 17.5 Å². The van der Waals surface area contributed by atoms with E-state index in [0.717, 1.165) is 36.4 Å². The van der Waals surface area contributed by atoms with Crippen LogP contribution in [0.2, 0.25) is 0 Å². The third-order valence-electron chi connectivity index (χ3n) is 3.49. The van der Waals surface area contributed by atoms with Crippen molar-refractivity contribution < 1.29 is 8.95 Å². The lowest BCUT2D eigenvalue weighted by atomic mass is 10.1. The van der Waals surface area contributed by atoms with E-state index in [-0.39, 0.29) is 6.10 Å². The van der Waals surface area contributed by atoms with Gasteiger partial charge in [0, 0.05) is 13.1 Å². The number of hydrogen-bond donors (Lipinski definition) is 1. The van der Waals surface area contributed by atoms with E-state index in [0.29, 0.717) is 11.6 Å². The number of benzene rings is 1. The molecule has 1 fully saturated rings. The predicted molar refractivity (Wildman–Crippen MR) is 75.5 cm³/mol. The highest BCUT2D eigenvalue weighted by Crippen LogP contribution is 2.28. The van der Waals surface area contributed by atoms with Crippen LogP contribution in [-0.4, -0.2) is 41.2 Å². The highest BCUT2D eigenvalue weighted by atomic mass is 32.2. The fourth-order valence-electron chi connectivity index (χ4n) is 2.58. The van der Waals surface area contributed by atoms with Crippen LogP contribution < -0.4 is 10.5 Å². The summed E-state index contributed by atoms with van der Waals surface area (Å²) in [5.74, 6) is 1.50. The molecular formula is C13H17N3O2S. The Kier molecular flexibility index (Phi) is 3.28. The molecule has 2 atom stereocenters. The van der Waals surface area contributed by atoms with Gasteiger partial charge in [0.05, 0.1) is 11.3 Å². The van der Waals surface area contributed by atoms with E-state index >= 15 is 0 Å². The third-order valence-corrected chi connectivity index (χ3v) is 4.45. The second kappa shape index (κ2) is 4.94. The molecular weight excluding hydrogens is 262 g/mol. The van der Waals surface area contributed by atoms with Gasteiger partial charge >= 0.3 is 0 Å². The first-order valence-corrected chi connectivity index (χ1v) is 7.61. The molecule has 0 radical (unpaired) electrons. The number of hydrogen-bond acceptors (Lipinski definition) is 4. The Balaban J connectivity index is 1.90. The lowest BCUT2D eigenvalue weighted by Crippen LogP contribution is -2.26. The minimum atomic E-state index is -1.25. The normalized spacial score (nSPS) is 26.9. The van der Waals surface area contributed by atoms with Crippen LogP contribution in [0, 0.1) is 0 Å². The number of likely N-dealkylation sites (N-methyl/N-ethyl adjacent to an activating group) is 1. The van der Waals surface area contributed by atoms with Crippen molar-refractivity contribution in [3.05, 3.63) is 29.3 Å². The minimum absolute atomic E-state index is 0.191. The fraction of sp³-hybridized carbons (Fsp3) is 0.462. The van der Waals surface area contributed by atoms with Crippen LogP contribution in [0.4, 0.5) is 0 Å². The Hall–Kier alpha value is -1.40. The Labute approximate surface area is 115 Å². The van der Waals surface area contributed by atoms with Gasteiger partial charge in [-0.2, -0.15) is 4.40 Å². The van der Waals surface area contributed by atoms with Crippen molar-refractivity contribution in [1.82, 2.24) is 4.90 Å². The average Bonchev–Trinajstić information content (AvgIpc) is 2.74. The van der Waals surface area contributed by atoms with E-state index in [1.54, 1.807) is 0 Å². The number of ether oxygens (including phenoxy) is 1. The number of amidine groups is 1. The van der Waals surface area contributed by atoms with Gasteiger partial charge in [-0.3, -0.25) is 0 Å². The summed E-state index contributed by atoms with van der Waals surface area (Å²) in [5, 5.41) is 0. The molecule has 6 heteroatoms. The molecule has 1 unspecified atom stereocenters. The number of nitrogens with zero attached hydrogens (tertiary/aromatic N) is 2. The quantitative estimate of drug-likeness (QED) is 0.863. The SMILES string of the molecule is CN1CC[C@@H](Oc2cccc3c2C(N)=NS(=O)C3)C1. The zero-order chi connectivity index (χ0) is 13.4. The van der Waals surface area contributed by atoms with Gasteiger partial charge in [0.25, 0.3) is 0 Å². The van der Waals surface area contributed by atoms with Crippen LogP contribution in [-0.2, 0) is 16.7 Å². The van der Waals surface area contributed by atoms with E-state index in [2.05, 4.69) is 16.3 Å². The lowest BCUT2D eigenvalue weighted by molar-refractivity contribution is 0.207. The second-order valence-electron chi connectivity index (χ2n) is 5.02. The predicted octanol–water partition coefficient (Wildman–Crippen LogP) is 0.652. The first-order valence-electron chi connectivity index (χ1n) is 6.33. The largest absolute Gasteiger partial charge is 0.488 e. The second-order valence-corrected chi connectivity index (χ2v) is 6.14. The summed E-state index contributed by atoms with van der Waals surface area (Å²) >= 11 is 0. The van der Waals surface area contributed by atoms with Gasteiger partial charge in [0.15, 0.2) is 0 Å². The topological polar surface area (TPSA) is 67.9 Å². The molecule has 1 saturated heterocycles. The van der Waals surface area contributed by atoms with Crippen LogP contribution >= 0.6 is 0 Å². The molecule has 2 N–H and O–H groups in total. The van der Waals surface area contributed by atoms with Gasteiger partial charge in [0.2, 0.25) is 0 Å². The Morgan fingerprint density at radius 2 is 2.37 bits per heavy atom. The zero-order valence-corrected chi connectivity index (χ0v) is 11.7. The summed E-state index contributed by atoms with van der Waals surface area (Å²) in [6, 6.07) is 5.76. The number of rotatable bonds is 2. The van der Waals surface area contributed by atoms with Crippen molar-refractivity contribution in [3.63, 3.8) is 0 Å². The molecule has 1 aromatic rings. The van der Waals surface area contributed by atoms with Gasteiger partial charge in [-0.15, -0.1) is 0 Å². The number of likely N-dealkylation sites (tertiary alicyclic amines) is 1. The van der Waals surface area contributed by atoms with Crippen LogP contribution in [0.3, 0.4) is 0 Å². The summed E-state index contributed by atoms with van der Waals surface area (Å²) < 4.78 is 21.5. The molecule has 0 saturated carbocycles. The molecule has 0 aliphatic carbocycles. The van der Waals surface area contributed by atoms with Crippen molar-refractivity contribution in [2.75, 3.05) is 20.1 Å². The molecule has 5 nitrogen and oxygen atoms in total. The molecule has 19 heavy (non-hydrogen) atoms. The van der Waals surface area contributed by atoms with E-state index in [1.165, 1.54) is 0 Å². The molecule has 0 amide bonds. The van der Waals surface area contributed by atoms with Crippen molar-refractivity contribution >= 4 is 16.8 Å². The van der Waals surface area contributed by atoms with Crippen molar-refractivity contribution in [2.24, 2.45) is 10.1 Å². The standard InChI is InChI=1S/C13H17N3O2S/c1-16-6-5-10(7-16)18-11-4-2-3-9-8-19(17)15-13(14)12(9)11/h2-4,10H,5-8H2,1H3,(H2,14,15)/t10-,19?/m1/s1. The fourth-order valence-corrected chi connectivity index (χ4v) is 3.46. The van der Waals surface area contributed by atoms with Crippen LogP contribution in [0.15, 0.2) is 22.6 Å². The first kappa shape index (κ1) is 12.6.